The van der Waals surface area contributed by atoms with Crippen LogP contribution in [0.15, 0.2) is 36.9 Å². The number of para-hydroxylation sites is 2. The summed E-state index contributed by atoms with van der Waals surface area (Å²) in [6.45, 7) is 5.93. The number of aliphatic hydroxyl groups is 1. The Morgan fingerprint density at radius 2 is 2.24 bits per heavy atom. The van der Waals surface area contributed by atoms with Gasteiger partial charge in [0.2, 0.25) is 0 Å². The minimum absolute atomic E-state index is 0.147. The van der Waals surface area contributed by atoms with Crippen LogP contribution in [0.25, 0.3) is 11.0 Å². The summed E-state index contributed by atoms with van der Waals surface area (Å²) in [5, 5.41) is 8.97. The average Bonchev–Trinajstić information content (AvgIpc) is 2.71. The summed E-state index contributed by atoms with van der Waals surface area (Å²) >= 11 is 0. The van der Waals surface area contributed by atoms with Gasteiger partial charge in [0.05, 0.1) is 24.2 Å². The molecule has 0 saturated carbocycles. The standard InChI is InChI=1S/C13H17N3O/c1-2-7-16(8-9-17)10-13-14-11-5-3-4-6-12(11)15-13/h2-6,17H,1,7-10H2,(H,14,15). The van der Waals surface area contributed by atoms with E-state index in [1.165, 1.54) is 0 Å². The molecular formula is C13H17N3O. The van der Waals surface area contributed by atoms with Crippen LogP contribution < -0.4 is 0 Å². The van der Waals surface area contributed by atoms with Crippen LogP contribution >= 0.6 is 0 Å². The summed E-state index contributed by atoms with van der Waals surface area (Å²) < 4.78 is 0. The summed E-state index contributed by atoms with van der Waals surface area (Å²) in [6, 6.07) is 7.96. The van der Waals surface area contributed by atoms with Crippen LogP contribution in [0.4, 0.5) is 0 Å². The Morgan fingerprint density at radius 3 is 2.94 bits per heavy atom. The van der Waals surface area contributed by atoms with E-state index in [1.54, 1.807) is 0 Å². The van der Waals surface area contributed by atoms with Crippen molar-refractivity contribution in [3.8, 4) is 0 Å². The Kier molecular flexibility index (Phi) is 3.90. The van der Waals surface area contributed by atoms with E-state index in [2.05, 4.69) is 21.4 Å². The van der Waals surface area contributed by atoms with Crippen LogP contribution in [0.3, 0.4) is 0 Å². The second-order valence-electron chi connectivity index (χ2n) is 3.95. The lowest BCUT2D eigenvalue weighted by atomic mass is 10.3. The molecule has 17 heavy (non-hydrogen) atoms. The molecule has 4 heteroatoms. The number of aromatic amines is 1. The van der Waals surface area contributed by atoms with Crippen LogP contribution in [-0.2, 0) is 6.54 Å². The highest BCUT2D eigenvalue weighted by Gasteiger charge is 2.07. The van der Waals surface area contributed by atoms with E-state index >= 15 is 0 Å². The van der Waals surface area contributed by atoms with Gasteiger partial charge in [-0.3, -0.25) is 4.90 Å². The number of hydrogen-bond acceptors (Lipinski definition) is 3. The zero-order chi connectivity index (χ0) is 12.1. The molecule has 2 N–H and O–H groups in total. The fourth-order valence-corrected chi connectivity index (χ4v) is 1.85. The van der Waals surface area contributed by atoms with Crippen molar-refractivity contribution in [2.75, 3.05) is 19.7 Å². The van der Waals surface area contributed by atoms with Gasteiger partial charge in [0, 0.05) is 13.1 Å². The van der Waals surface area contributed by atoms with Crippen LogP contribution in [-0.4, -0.2) is 39.7 Å². The molecule has 0 aliphatic carbocycles. The maximum Gasteiger partial charge on any atom is 0.121 e. The van der Waals surface area contributed by atoms with Gasteiger partial charge in [0.25, 0.3) is 0 Å². The lowest BCUT2D eigenvalue weighted by Crippen LogP contribution is -2.27. The third kappa shape index (κ3) is 2.93. The largest absolute Gasteiger partial charge is 0.395 e. The van der Waals surface area contributed by atoms with Gasteiger partial charge in [-0.1, -0.05) is 18.2 Å². The van der Waals surface area contributed by atoms with Crippen molar-refractivity contribution in [3.63, 3.8) is 0 Å². The quantitative estimate of drug-likeness (QED) is 0.741. The summed E-state index contributed by atoms with van der Waals surface area (Å²) in [7, 11) is 0. The zero-order valence-electron chi connectivity index (χ0n) is 9.76. The molecule has 0 radical (unpaired) electrons. The molecule has 1 heterocycles. The smallest absolute Gasteiger partial charge is 0.121 e. The highest BCUT2D eigenvalue weighted by molar-refractivity contribution is 5.74. The first-order valence-electron chi connectivity index (χ1n) is 5.71. The van der Waals surface area contributed by atoms with E-state index in [0.29, 0.717) is 13.1 Å². The van der Waals surface area contributed by atoms with E-state index < -0.39 is 0 Å². The number of rotatable bonds is 6. The second kappa shape index (κ2) is 5.61. The molecule has 90 valence electrons. The normalized spacial score (nSPS) is 11.2. The van der Waals surface area contributed by atoms with Gasteiger partial charge < -0.3 is 10.1 Å². The van der Waals surface area contributed by atoms with Crippen molar-refractivity contribution in [2.24, 2.45) is 0 Å². The third-order valence-corrected chi connectivity index (χ3v) is 2.62. The Labute approximate surface area is 101 Å². The number of aliphatic hydroxyl groups excluding tert-OH is 1. The number of aromatic nitrogens is 2. The van der Waals surface area contributed by atoms with Crippen molar-refractivity contribution in [3.05, 3.63) is 42.7 Å². The number of nitrogens with one attached hydrogen (secondary N) is 1. The van der Waals surface area contributed by atoms with E-state index in [-0.39, 0.29) is 6.61 Å². The van der Waals surface area contributed by atoms with Gasteiger partial charge >= 0.3 is 0 Å². The van der Waals surface area contributed by atoms with Crippen molar-refractivity contribution < 1.29 is 5.11 Å². The third-order valence-electron chi connectivity index (χ3n) is 2.62. The number of hydrogen-bond donors (Lipinski definition) is 2. The van der Waals surface area contributed by atoms with Gasteiger partial charge in [0.1, 0.15) is 5.82 Å². The summed E-state index contributed by atoms with van der Waals surface area (Å²) in [6.07, 6.45) is 1.83. The van der Waals surface area contributed by atoms with Gasteiger partial charge in [-0.2, -0.15) is 0 Å². The number of imidazole rings is 1. The summed E-state index contributed by atoms with van der Waals surface area (Å²) in [5.41, 5.74) is 2.02. The predicted octanol–water partition coefficient (Wildman–Crippen LogP) is 1.54. The molecule has 0 amide bonds. The molecule has 0 saturated heterocycles. The first-order chi connectivity index (χ1) is 8.33. The molecule has 2 aromatic rings. The minimum Gasteiger partial charge on any atom is -0.395 e. The first-order valence-corrected chi connectivity index (χ1v) is 5.71. The van der Waals surface area contributed by atoms with Crippen molar-refractivity contribution in [2.45, 2.75) is 6.54 Å². The minimum atomic E-state index is 0.147. The van der Waals surface area contributed by atoms with Gasteiger partial charge in [-0.25, -0.2) is 4.98 Å². The maximum absolute atomic E-state index is 8.97. The molecule has 0 bridgehead atoms. The van der Waals surface area contributed by atoms with E-state index in [9.17, 15) is 0 Å². The maximum atomic E-state index is 8.97. The van der Waals surface area contributed by atoms with E-state index in [1.807, 2.05) is 30.3 Å². The van der Waals surface area contributed by atoms with Crippen LogP contribution in [0.5, 0.6) is 0 Å². The Bertz CT molecular complexity index is 459. The Balaban J connectivity index is 2.13. The number of nitrogens with zero attached hydrogens (tertiary/aromatic N) is 2. The fourth-order valence-electron chi connectivity index (χ4n) is 1.85. The van der Waals surface area contributed by atoms with E-state index in [0.717, 1.165) is 23.4 Å². The second-order valence-corrected chi connectivity index (χ2v) is 3.95. The molecule has 4 nitrogen and oxygen atoms in total. The molecule has 0 fully saturated rings. The predicted molar refractivity (Wildman–Crippen MR) is 68.7 cm³/mol. The molecule has 1 aromatic carbocycles. The molecule has 0 unspecified atom stereocenters. The first kappa shape index (κ1) is 11.8. The highest BCUT2D eigenvalue weighted by Crippen LogP contribution is 2.11. The van der Waals surface area contributed by atoms with Gasteiger partial charge in [0.15, 0.2) is 0 Å². The summed E-state index contributed by atoms with van der Waals surface area (Å²) in [5.74, 6) is 0.918. The monoisotopic (exact) mass is 231 g/mol. The van der Waals surface area contributed by atoms with Crippen LogP contribution in [0.2, 0.25) is 0 Å². The Morgan fingerprint density at radius 1 is 1.41 bits per heavy atom. The molecule has 0 aliphatic heterocycles. The molecular weight excluding hydrogens is 214 g/mol. The number of benzene rings is 1. The topological polar surface area (TPSA) is 52.1 Å². The van der Waals surface area contributed by atoms with Crippen molar-refractivity contribution in [1.82, 2.24) is 14.9 Å². The lowest BCUT2D eigenvalue weighted by Gasteiger charge is -2.17. The van der Waals surface area contributed by atoms with Crippen molar-refractivity contribution in [1.29, 1.82) is 0 Å². The molecule has 2 rings (SSSR count). The van der Waals surface area contributed by atoms with Crippen molar-refractivity contribution >= 4 is 11.0 Å². The highest BCUT2D eigenvalue weighted by atomic mass is 16.3. The summed E-state index contributed by atoms with van der Waals surface area (Å²) in [4.78, 5) is 9.87. The van der Waals surface area contributed by atoms with Gasteiger partial charge in [-0.15, -0.1) is 6.58 Å². The van der Waals surface area contributed by atoms with E-state index in [4.69, 9.17) is 5.11 Å². The van der Waals surface area contributed by atoms with Crippen LogP contribution in [0, 0.1) is 0 Å². The molecule has 1 aromatic heterocycles. The fraction of sp³-hybridized carbons (Fsp3) is 0.308. The lowest BCUT2D eigenvalue weighted by molar-refractivity contribution is 0.201. The number of H-pyrrole nitrogens is 1. The molecule has 0 spiro atoms. The SMILES string of the molecule is C=CCN(CCO)Cc1nc2ccccc2[nH]1. The number of fused-ring (bicyclic) bond motifs is 1. The Hall–Kier alpha value is -1.65. The average molecular weight is 231 g/mol. The van der Waals surface area contributed by atoms with Gasteiger partial charge in [-0.05, 0) is 12.1 Å². The zero-order valence-corrected chi connectivity index (χ0v) is 9.76. The van der Waals surface area contributed by atoms with Crippen LogP contribution in [0.1, 0.15) is 5.82 Å². The molecule has 0 atom stereocenters. The molecule has 0 aliphatic rings.